The van der Waals surface area contributed by atoms with Gasteiger partial charge in [-0.2, -0.15) is 10.1 Å². The van der Waals surface area contributed by atoms with Crippen molar-refractivity contribution in [1.29, 1.82) is 0 Å². The number of benzene rings is 4. The molecule has 7 heterocycles. The van der Waals surface area contributed by atoms with Crippen LogP contribution >= 0.6 is 18.7 Å². The molecule has 1 unspecified atom stereocenters. The van der Waals surface area contributed by atoms with Crippen LogP contribution in [0.15, 0.2) is 97.5 Å². The van der Waals surface area contributed by atoms with Crippen LogP contribution in [0.25, 0.3) is 22.3 Å². The third kappa shape index (κ3) is 9.64. The van der Waals surface area contributed by atoms with Gasteiger partial charge < -0.3 is 34.6 Å². The molecule has 1 spiro atoms. The minimum atomic E-state index is -2.74. The Morgan fingerprint density at radius 3 is 2.26 bits per heavy atom. The highest BCUT2D eigenvalue weighted by Gasteiger charge is 2.47. The first-order valence-electron chi connectivity index (χ1n) is 25.2. The van der Waals surface area contributed by atoms with Gasteiger partial charge in [-0.3, -0.25) is 34.1 Å². The summed E-state index contributed by atoms with van der Waals surface area (Å²) in [6.07, 6.45) is 9.96. The number of nitrogens with one attached hydrogen (secondary N) is 3. The molecule has 4 fully saturated rings. The number of fused-ring (bicyclic) bond motifs is 1. The second-order valence-electron chi connectivity index (χ2n) is 20.8. The number of carbonyl (C=O) groups is 4. The number of imide groups is 2. The lowest BCUT2D eigenvalue weighted by atomic mass is 9.71. The van der Waals surface area contributed by atoms with Gasteiger partial charge in [0.15, 0.2) is 5.82 Å². The van der Waals surface area contributed by atoms with Gasteiger partial charge in [0.25, 0.3) is 11.8 Å². The van der Waals surface area contributed by atoms with Gasteiger partial charge in [-0.05, 0) is 112 Å². The average Bonchev–Trinajstić information content (AvgIpc) is 3.93. The maximum Gasteiger partial charge on any atom is 0.262 e. The number of amides is 4. The maximum absolute atomic E-state index is 13.6. The quantitative estimate of drug-likeness (QED) is 0.0743. The summed E-state index contributed by atoms with van der Waals surface area (Å²) in [6.45, 7) is 10.2. The lowest BCUT2D eigenvalue weighted by Gasteiger charge is -2.55. The highest BCUT2D eigenvalue weighted by molar-refractivity contribution is 7.70. The summed E-state index contributed by atoms with van der Waals surface area (Å²) in [7, 11) is 0.835. The highest BCUT2D eigenvalue weighted by atomic mass is 35.5. The van der Waals surface area contributed by atoms with E-state index in [9.17, 15) is 23.7 Å². The van der Waals surface area contributed by atoms with Crippen molar-refractivity contribution in [3.63, 3.8) is 0 Å². The minimum Gasteiger partial charge on any atom is -0.494 e. The topological polar surface area (TPSA) is 187 Å². The molecular weight excluding hydrogens is 977 g/mol. The molecule has 2 aromatic heterocycles. The monoisotopic (exact) mass is 1040 g/mol. The van der Waals surface area contributed by atoms with Gasteiger partial charge in [-0.25, -0.2) is 4.98 Å². The molecule has 4 saturated heterocycles. The molecule has 0 radical (unpaired) electrons. The summed E-state index contributed by atoms with van der Waals surface area (Å²) < 4.78 is 21.5. The third-order valence-electron chi connectivity index (χ3n) is 15.5. The highest BCUT2D eigenvalue weighted by Crippen LogP contribution is 2.49. The Kier molecular flexibility index (Phi) is 13.1. The van der Waals surface area contributed by atoms with Crippen molar-refractivity contribution in [3.8, 4) is 28.0 Å². The van der Waals surface area contributed by atoms with Gasteiger partial charge >= 0.3 is 0 Å². The molecule has 6 aromatic rings. The molecular formula is C55H59ClN11O6P. The van der Waals surface area contributed by atoms with E-state index in [-0.39, 0.29) is 18.3 Å². The number of aromatic nitrogens is 4. The van der Waals surface area contributed by atoms with E-state index in [0.717, 1.165) is 110 Å². The predicted molar refractivity (Wildman–Crippen MR) is 288 cm³/mol. The normalized spacial score (nSPS) is 19.1. The van der Waals surface area contributed by atoms with Gasteiger partial charge in [-0.1, -0.05) is 48.0 Å². The summed E-state index contributed by atoms with van der Waals surface area (Å²) in [6, 6.07) is 24.5. The van der Waals surface area contributed by atoms with Crippen LogP contribution < -0.4 is 35.8 Å². The fourth-order valence-corrected chi connectivity index (χ4v) is 12.7. The number of anilines is 6. The second kappa shape index (κ2) is 19.7. The molecule has 5 aliphatic rings. The first-order chi connectivity index (χ1) is 35.6. The third-order valence-corrected chi connectivity index (χ3v) is 17.3. The van der Waals surface area contributed by atoms with Gasteiger partial charge in [-0.15, -0.1) is 0 Å². The number of carbonyl (C=O) groups excluding carboxylic acids is 4. The van der Waals surface area contributed by atoms with Crippen molar-refractivity contribution in [2.24, 2.45) is 18.4 Å². The Labute approximate surface area is 435 Å². The van der Waals surface area contributed by atoms with Crippen molar-refractivity contribution < 1.29 is 28.5 Å². The molecule has 382 valence electrons. The van der Waals surface area contributed by atoms with E-state index < -0.39 is 36.8 Å². The number of ether oxygens (including phenoxy) is 1. The molecule has 4 aromatic carbocycles. The zero-order chi connectivity index (χ0) is 51.5. The van der Waals surface area contributed by atoms with Crippen LogP contribution in [0.3, 0.4) is 0 Å². The van der Waals surface area contributed by atoms with E-state index in [0.29, 0.717) is 56.3 Å². The summed E-state index contributed by atoms with van der Waals surface area (Å²) in [5.74, 6) is -0.0992. The van der Waals surface area contributed by atoms with Gasteiger partial charge in [0.2, 0.25) is 17.8 Å². The van der Waals surface area contributed by atoms with Crippen LogP contribution in [-0.2, 0) is 21.2 Å². The molecule has 11 rings (SSSR count). The summed E-state index contributed by atoms with van der Waals surface area (Å²) in [4.78, 5) is 68.7. The molecule has 1 atom stereocenters. The molecule has 17 nitrogen and oxygen atoms in total. The van der Waals surface area contributed by atoms with Crippen molar-refractivity contribution >= 4 is 82.2 Å². The van der Waals surface area contributed by atoms with Crippen LogP contribution in [-0.4, -0.2) is 125 Å². The van der Waals surface area contributed by atoms with Gasteiger partial charge in [0.1, 0.15) is 24.0 Å². The zero-order valence-corrected chi connectivity index (χ0v) is 43.6. The van der Waals surface area contributed by atoms with Crippen LogP contribution in [0.4, 0.5) is 34.5 Å². The van der Waals surface area contributed by atoms with E-state index in [1.54, 1.807) is 43.5 Å². The molecule has 3 N–H and O–H groups in total. The molecule has 4 amide bonds. The first kappa shape index (κ1) is 49.2. The number of piperidine rings is 3. The van der Waals surface area contributed by atoms with Gasteiger partial charge in [0, 0.05) is 91.7 Å². The molecule has 74 heavy (non-hydrogen) atoms. The van der Waals surface area contributed by atoms with Crippen LogP contribution in [0.2, 0.25) is 5.02 Å². The number of halogens is 1. The predicted octanol–water partition coefficient (Wildman–Crippen LogP) is 8.16. The Morgan fingerprint density at radius 1 is 0.797 bits per heavy atom. The van der Waals surface area contributed by atoms with E-state index in [4.69, 9.17) is 21.3 Å². The van der Waals surface area contributed by atoms with Crippen molar-refractivity contribution in [2.75, 3.05) is 86.7 Å². The maximum atomic E-state index is 13.6. The minimum absolute atomic E-state index is 0.0892. The number of aryl methyl sites for hydroxylation is 1. The summed E-state index contributed by atoms with van der Waals surface area (Å²) >= 11 is 6.71. The van der Waals surface area contributed by atoms with E-state index in [1.165, 1.54) is 0 Å². The van der Waals surface area contributed by atoms with Crippen LogP contribution in [0.1, 0.15) is 59.2 Å². The summed E-state index contributed by atoms with van der Waals surface area (Å²) in [5, 5.41) is 14.5. The number of hydrogen-bond acceptors (Lipinski definition) is 14. The number of nitrogens with zero attached hydrogens (tertiary/aromatic N) is 8. The standard InChI is InChI=1S/C55H59ClN11O6P/c1-63-31-37(28-58-63)40-26-44(60-54-57-29-42(56)50(62-54)59-43-13-10-36(24-48(43)74(3,4)72)35-8-6-5-7-9-35)47(73-2)27-46(40)66-32-55(33-66)18-22-64(23-19-55)30-34-16-20-65(21-17-34)38-11-12-39-41(25-38)53(71)67(52(39)70)45-14-15-49(68)61-51(45)69/h5-13,24-29,31,34,45H,14-23,30,32-33H2,1-4H3,(H,61,68,69)(H2,57,59,60,62). The molecule has 5 aliphatic heterocycles. The van der Waals surface area contributed by atoms with Gasteiger partial charge in [0.05, 0.1) is 42.0 Å². The largest absolute Gasteiger partial charge is 0.494 e. The number of methoxy groups -OCH3 is 1. The Hall–Kier alpha value is -7.07. The number of rotatable bonds is 13. The van der Waals surface area contributed by atoms with E-state index >= 15 is 0 Å². The molecule has 0 bridgehead atoms. The molecule has 0 aliphatic carbocycles. The van der Waals surface area contributed by atoms with Crippen LogP contribution in [0.5, 0.6) is 5.75 Å². The lowest BCUT2D eigenvalue weighted by Crippen LogP contribution is -2.61. The SMILES string of the molecule is COc1cc(N2CC3(CCN(CC4CCN(c5ccc6c(c5)C(=O)N(C5CCC(=O)NC5=O)C6=O)CC4)CC3)C2)c(-c2cnn(C)c2)cc1Nc1ncc(Cl)c(Nc2ccc(-c3ccccc3)cc2P(C)(C)=O)n1. The Morgan fingerprint density at radius 2 is 1.55 bits per heavy atom. The second-order valence-corrected chi connectivity index (χ2v) is 24.4. The van der Waals surface area contributed by atoms with Crippen molar-refractivity contribution in [2.45, 2.75) is 44.6 Å². The number of hydrogen-bond donors (Lipinski definition) is 3. The van der Waals surface area contributed by atoms with E-state index in [1.807, 2.05) is 74.0 Å². The fraction of sp³-hybridized carbons (Fsp3) is 0.364. The van der Waals surface area contributed by atoms with E-state index in [2.05, 4.69) is 52.9 Å². The Balaban J connectivity index is 0.723. The average molecular weight is 1040 g/mol. The fourth-order valence-electron chi connectivity index (χ4n) is 11.4. The first-order valence-corrected chi connectivity index (χ1v) is 28.2. The lowest BCUT2D eigenvalue weighted by molar-refractivity contribution is -0.136. The molecule has 0 saturated carbocycles. The summed E-state index contributed by atoms with van der Waals surface area (Å²) in [5.41, 5.74) is 8.12. The zero-order valence-electron chi connectivity index (χ0n) is 41.9. The van der Waals surface area contributed by atoms with Crippen molar-refractivity contribution in [1.82, 2.24) is 34.9 Å². The van der Waals surface area contributed by atoms with Crippen LogP contribution in [0, 0.1) is 11.3 Å². The number of likely N-dealkylation sites (tertiary alicyclic amines) is 1. The Bertz CT molecular complexity index is 3250. The molecule has 19 heteroatoms. The smallest absolute Gasteiger partial charge is 0.262 e. The van der Waals surface area contributed by atoms with Crippen molar-refractivity contribution in [3.05, 3.63) is 114 Å².